The third-order valence-corrected chi connectivity index (χ3v) is 9.47. The average Bonchev–Trinajstić information content (AvgIpc) is 3.57. The molecule has 0 aromatic rings. The molecular weight excluding hydrogens is 570 g/mol. The van der Waals surface area contributed by atoms with E-state index in [1.54, 1.807) is 26.0 Å². The lowest BCUT2D eigenvalue weighted by Gasteiger charge is -2.41. The fraction of sp³-hybridized carbons (Fsp3) is 0.882. The van der Waals surface area contributed by atoms with Crippen molar-refractivity contribution in [1.82, 2.24) is 35.4 Å². The van der Waals surface area contributed by atoms with Gasteiger partial charge in [-0.15, -0.1) is 0 Å². The van der Waals surface area contributed by atoms with Crippen LogP contribution in [-0.4, -0.2) is 133 Å². The molecule has 0 saturated carbocycles. The van der Waals surface area contributed by atoms with Crippen LogP contribution in [0.5, 0.6) is 0 Å². The second-order valence-electron chi connectivity index (χ2n) is 14.9. The number of hydrogen-bond donors (Lipinski definition) is 2. The van der Waals surface area contributed by atoms with Crippen molar-refractivity contribution in [2.45, 2.75) is 131 Å². The highest BCUT2D eigenvalue weighted by Gasteiger charge is 2.40. The molecule has 0 spiro atoms. The van der Waals surface area contributed by atoms with Crippen LogP contribution in [0.1, 0.15) is 100 Å². The third-order valence-electron chi connectivity index (χ3n) is 9.47. The molecule has 3 saturated heterocycles. The molecule has 45 heavy (non-hydrogen) atoms. The highest BCUT2D eigenvalue weighted by Crippen LogP contribution is 2.26. The number of carbonyl (C=O) groups excluding carboxylic acids is 4. The highest BCUT2D eigenvalue weighted by atomic mass is 16.2. The van der Waals surface area contributed by atoms with Gasteiger partial charge in [-0.1, -0.05) is 41.0 Å². The van der Waals surface area contributed by atoms with Crippen molar-refractivity contribution in [2.75, 3.05) is 54.4 Å². The minimum absolute atomic E-state index is 0.00635. The van der Waals surface area contributed by atoms with Crippen LogP contribution < -0.4 is 10.7 Å². The fourth-order valence-electron chi connectivity index (χ4n) is 6.45. The Morgan fingerprint density at radius 2 is 1.51 bits per heavy atom. The van der Waals surface area contributed by atoms with Crippen LogP contribution in [0.2, 0.25) is 0 Å². The summed E-state index contributed by atoms with van der Waals surface area (Å²) >= 11 is 0. The minimum atomic E-state index is -0.525. The number of rotatable bonds is 9. The topological polar surface area (TPSA) is 109 Å². The predicted octanol–water partition coefficient (Wildman–Crippen LogP) is 3.20. The summed E-state index contributed by atoms with van der Waals surface area (Å²) in [5.41, 5.74) is 2.01. The normalized spacial score (nSPS) is 23.8. The molecule has 3 rings (SSSR count). The molecule has 5 atom stereocenters. The molecule has 3 fully saturated rings. The zero-order valence-corrected chi connectivity index (χ0v) is 30.7. The Bertz CT molecular complexity index is 923. The molecule has 3 unspecified atom stereocenters. The molecule has 2 N–H and O–H groups in total. The maximum atomic E-state index is 13.7. The lowest BCUT2D eigenvalue weighted by Crippen LogP contribution is -2.60. The molecule has 4 amide bonds. The van der Waals surface area contributed by atoms with Crippen molar-refractivity contribution in [2.24, 2.45) is 11.3 Å². The van der Waals surface area contributed by atoms with Gasteiger partial charge in [0.25, 0.3) is 0 Å². The van der Waals surface area contributed by atoms with Gasteiger partial charge in [0.15, 0.2) is 0 Å². The van der Waals surface area contributed by atoms with Crippen LogP contribution in [0.25, 0.3) is 0 Å². The Hall–Kier alpha value is -2.24. The zero-order valence-electron chi connectivity index (χ0n) is 30.7. The number of likely N-dealkylation sites (tertiary alicyclic amines) is 3. The van der Waals surface area contributed by atoms with Gasteiger partial charge in [0.1, 0.15) is 6.04 Å². The number of amides is 4. The summed E-state index contributed by atoms with van der Waals surface area (Å²) in [4.78, 5) is 55.5. The smallest absolute Gasteiger partial charge is 0.245 e. The quantitative estimate of drug-likeness (QED) is 0.295. The molecule has 3 aliphatic rings. The lowest BCUT2D eigenvalue weighted by atomic mass is 9.84. The minimum Gasteiger partial charge on any atom is -0.342 e. The van der Waals surface area contributed by atoms with Crippen molar-refractivity contribution in [3.05, 3.63) is 0 Å². The molecule has 0 bridgehead atoms. The van der Waals surface area contributed by atoms with Gasteiger partial charge in [-0.25, -0.2) is 5.01 Å². The van der Waals surface area contributed by atoms with Crippen LogP contribution >= 0.6 is 0 Å². The van der Waals surface area contributed by atoms with E-state index in [2.05, 4.69) is 48.2 Å². The van der Waals surface area contributed by atoms with Gasteiger partial charge in [0, 0.05) is 59.3 Å². The lowest BCUT2D eigenvalue weighted by molar-refractivity contribution is -0.142. The van der Waals surface area contributed by atoms with Gasteiger partial charge >= 0.3 is 0 Å². The first kappa shape index (κ1) is 40.8. The fourth-order valence-corrected chi connectivity index (χ4v) is 6.45. The van der Waals surface area contributed by atoms with Crippen LogP contribution in [0.4, 0.5) is 0 Å². The SMILES string of the molecule is CC(=O)N1CCC[C@H]1C.CC(C)C(CN1CCC[C@H]1C)N(C)C(=O)C(NC(=O)C1CCCCN1C)C(C)(C)C.CN(C)NC=O. The Morgan fingerprint density at radius 1 is 0.911 bits per heavy atom. The van der Waals surface area contributed by atoms with Gasteiger partial charge in [0.05, 0.1) is 6.04 Å². The van der Waals surface area contributed by atoms with E-state index in [0.717, 1.165) is 45.4 Å². The predicted molar refractivity (Wildman–Crippen MR) is 182 cm³/mol. The van der Waals surface area contributed by atoms with Crippen molar-refractivity contribution >= 4 is 24.1 Å². The number of carbonyl (C=O) groups is 4. The second kappa shape index (κ2) is 19.4. The molecule has 0 aromatic heterocycles. The van der Waals surface area contributed by atoms with E-state index in [-0.39, 0.29) is 35.2 Å². The first-order valence-corrected chi connectivity index (χ1v) is 17.1. The van der Waals surface area contributed by atoms with E-state index in [0.29, 0.717) is 24.4 Å². The van der Waals surface area contributed by atoms with Crippen molar-refractivity contribution in [3.8, 4) is 0 Å². The summed E-state index contributed by atoms with van der Waals surface area (Å²) in [5.74, 6) is 0.598. The monoisotopic (exact) mass is 638 g/mol. The van der Waals surface area contributed by atoms with Crippen molar-refractivity contribution < 1.29 is 19.2 Å². The number of nitrogens with one attached hydrogen (secondary N) is 2. The average molecular weight is 638 g/mol. The van der Waals surface area contributed by atoms with E-state index in [4.69, 9.17) is 0 Å². The summed E-state index contributed by atoms with van der Waals surface area (Å²) in [6.07, 6.45) is 8.53. The Labute approximate surface area is 274 Å². The number of piperidine rings is 1. The van der Waals surface area contributed by atoms with Gasteiger partial charge in [-0.3, -0.25) is 34.4 Å². The molecule has 262 valence electrons. The van der Waals surface area contributed by atoms with E-state index >= 15 is 0 Å². The van der Waals surface area contributed by atoms with E-state index in [1.807, 2.05) is 44.7 Å². The summed E-state index contributed by atoms with van der Waals surface area (Å²) in [5, 5.41) is 4.71. The van der Waals surface area contributed by atoms with Gasteiger partial charge < -0.3 is 15.1 Å². The van der Waals surface area contributed by atoms with Crippen molar-refractivity contribution in [1.29, 1.82) is 0 Å². The maximum Gasteiger partial charge on any atom is 0.245 e. The van der Waals surface area contributed by atoms with E-state index < -0.39 is 6.04 Å². The molecule has 3 aliphatic heterocycles. The highest BCUT2D eigenvalue weighted by molar-refractivity contribution is 5.90. The second-order valence-corrected chi connectivity index (χ2v) is 14.9. The van der Waals surface area contributed by atoms with Crippen molar-refractivity contribution in [3.63, 3.8) is 0 Å². The molecule has 11 heteroatoms. The molecule has 3 heterocycles. The molecule has 0 aliphatic carbocycles. The third kappa shape index (κ3) is 13.6. The molecule has 0 radical (unpaired) electrons. The summed E-state index contributed by atoms with van der Waals surface area (Å²) in [6, 6.07) is 0.546. The first-order valence-electron chi connectivity index (χ1n) is 17.1. The Balaban J connectivity index is 0.000000550. The standard InChI is InChI=1S/C24H46N4O2.C7H13NO.C3H8N2O/c1-17(2)20(16-28-15-11-12-18(28)3)27(8)23(30)21(24(4,5)6)25-22(29)19-13-9-10-14-26(19)7;1-6-4-3-5-8(6)7(2)9;1-5(2)4-3-6/h17-21H,9-16H2,1-8H3,(H,25,29);6H,3-5H2,1-2H3;3H,1-2H3,(H,4,6)/t18-,19?,20?,21?;6-;/m11./s1. The number of nitrogens with zero attached hydrogens (tertiary/aromatic N) is 5. The van der Waals surface area contributed by atoms with Gasteiger partial charge in [-0.05, 0) is 83.8 Å². The van der Waals surface area contributed by atoms with E-state index in [1.165, 1.54) is 25.7 Å². The summed E-state index contributed by atoms with van der Waals surface area (Å²) in [6.45, 7) is 20.5. The number of hydrogen-bond acceptors (Lipinski definition) is 7. The summed E-state index contributed by atoms with van der Waals surface area (Å²) < 4.78 is 0. The van der Waals surface area contributed by atoms with Crippen LogP contribution in [-0.2, 0) is 19.2 Å². The Morgan fingerprint density at radius 3 is 1.89 bits per heavy atom. The Kier molecular flexibility index (Phi) is 17.6. The molecule has 11 nitrogen and oxygen atoms in total. The van der Waals surface area contributed by atoms with Gasteiger partial charge in [0.2, 0.25) is 24.1 Å². The maximum absolute atomic E-state index is 13.7. The number of likely N-dealkylation sites (N-methyl/N-ethyl adjacent to an activating group) is 2. The van der Waals surface area contributed by atoms with Crippen LogP contribution in [0.3, 0.4) is 0 Å². The zero-order chi connectivity index (χ0) is 34.5. The largest absolute Gasteiger partial charge is 0.342 e. The molecule has 0 aromatic carbocycles. The van der Waals surface area contributed by atoms with E-state index in [9.17, 15) is 19.2 Å². The number of hydrazine groups is 1. The van der Waals surface area contributed by atoms with Crippen LogP contribution in [0, 0.1) is 11.3 Å². The summed E-state index contributed by atoms with van der Waals surface area (Å²) in [7, 11) is 7.42. The molecular formula is C34H67N7O4. The van der Waals surface area contributed by atoms with Crippen LogP contribution in [0.15, 0.2) is 0 Å². The first-order chi connectivity index (χ1) is 20.9. The van der Waals surface area contributed by atoms with Gasteiger partial charge in [-0.2, -0.15) is 0 Å².